The second-order valence-corrected chi connectivity index (χ2v) is 6.29. The van der Waals surface area contributed by atoms with Crippen molar-refractivity contribution < 1.29 is 0 Å². The predicted molar refractivity (Wildman–Crippen MR) is 95.4 cm³/mol. The van der Waals surface area contributed by atoms with Crippen molar-refractivity contribution >= 4 is 5.82 Å². The van der Waals surface area contributed by atoms with E-state index in [4.69, 9.17) is 5.73 Å². The standard InChI is InChI=1S/C18H21N5O2/c1-21-17(24)10-16(22-9-5-4-8-15(22)20)23(18(21)25)12-14-7-3-2-6-13(14)11-19/h2-3,6-7,10,15H,4-5,8-9,12,20H2,1H3. The molecule has 1 aromatic heterocycles. The summed E-state index contributed by atoms with van der Waals surface area (Å²) in [6, 6.07) is 10.8. The molecule has 2 N–H and O–H groups in total. The Kier molecular flexibility index (Phi) is 4.72. The van der Waals surface area contributed by atoms with E-state index in [-0.39, 0.29) is 18.3 Å². The molecule has 3 rings (SSSR count). The summed E-state index contributed by atoms with van der Waals surface area (Å²) >= 11 is 0. The summed E-state index contributed by atoms with van der Waals surface area (Å²) in [6.45, 7) is 0.920. The molecule has 0 amide bonds. The van der Waals surface area contributed by atoms with Gasteiger partial charge in [-0.3, -0.25) is 13.9 Å². The first-order valence-electron chi connectivity index (χ1n) is 8.34. The molecule has 2 aromatic rings. The van der Waals surface area contributed by atoms with E-state index >= 15 is 0 Å². The molecule has 1 unspecified atom stereocenters. The summed E-state index contributed by atoms with van der Waals surface area (Å²) in [4.78, 5) is 26.8. The minimum absolute atomic E-state index is 0.217. The Balaban J connectivity index is 2.14. The van der Waals surface area contributed by atoms with Crippen LogP contribution in [0.4, 0.5) is 5.82 Å². The normalized spacial score (nSPS) is 17.3. The van der Waals surface area contributed by atoms with Gasteiger partial charge in [0.25, 0.3) is 5.56 Å². The highest BCUT2D eigenvalue weighted by Crippen LogP contribution is 2.21. The van der Waals surface area contributed by atoms with Crippen LogP contribution in [-0.4, -0.2) is 21.8 Å². The number of hydrogen-bond acceptors (Lipinski definition) is 5. The molecular weight excluding hydrogens is 318 g/mol. The third kappa shape index (κ3) is 3.21. The van der Waals surface area contributed by atoms with E-state index in [9.17, 15) is 14.9 Å². The van der Waals surface area contributed by atoms with E-state index in [1.54, 1.807) is 12.1 Å². The zero-order valence-corrected chi connectivity index (χ0v) is 14.2. The van der Waals surface area contributed by atoms with Gasteiger partial charge in [-0.2, -0.15) is 5.26 Å². The number of nitrogens with two attached hydrogens (primary N) is 1. The van der Waals surface area contributed by atoms with Gasteiger partial charge >= 0.3 is 5.69 Å². The topological polar surface area (TPSA) is 97.1 Å². The smallest absolute Gasteiger partial charge is 0.332 e. The minimum atomic E-state index is -0.409. The van der Waals surface area contributed by atoms with Crippen LogP contribution in [0.3, 0.4) is 0 Å². The molecule has 7 heteroatoms. The molecule has 1 aliphatic rings. The molecule has 1 aromatic carbocycles. The number of nitriles is 1. The summed E-state index contributed by atoms with van der Waals surface area (Å²) in [7, 11) is 1.46. The molecule has 0 spiro atoms. The number of aromatic nitrogens is 2. The van der Waals surface area contributed by atoms with Crippen LogP contribution in [0.15, 0.2) is 39.9 Å². The first-order valence-corrected chi connectivity index (χ1v) is 8.34. The molecule has 2 heterocycles. The van der Waals surface area contributed by atoms with Gasteiger partial charge in [0.05, 0.1) is 24.3 Å². The van der Waals surface area contributed by atoms with Gasteiger partial charge in [-0.15, -0.1) is 0 Å². The van der Waals surface area contributed by atoms with Crippen molar-refractivity contribution in [1.29, 1.82) is 5.26 Å². The molecule has 0 aliphatic carbocycles. The van der Waals surface area contributed by atoms with E-state index in [1.165, 1.54) is 17.7 Å². The fraction of sp³-hybridized carbons (Fsp3) is 0.389. The van der Waals surface area contributed by atoms with Gasteiger partial charge in [0.2, 0.25) is 0 Å². The number of anilines is 1. The Bertz CT molecular complexity index is 938. The molecule has 1 aliphatic heterocycles. The van der Waals surface area contributed by atoms with E-state index in [0.29, 0.717) is 17.9 Å². The molecule has 1 atom stereocenters. The highest BCUT2D eigenvalue weighted by Gasteiger charge is 2.23. The molecule has 7 nitrogen and oxygen atoms in total. The number of benzene rings is 1. The second kappa shape index (κ2) is 6.95. The molecule has 0 radical (unpaired) electrons. The summed E-state index contributed by atoms with van der Waals surface area (Å²) in [5.74, 6) is 0.521. The van der Waals surface area contributed by atoms with Gasteiger partial charge in [-0.25, -0.2) is 4.79 Å². The lowest BCUT2D eigenvalue weighted by Crippen LogP contribution is -2.50. The minimum Gasteiger partial charge on any atom is -0.342 e. The molecule has 0 saturated carbocycles. The summed E-state index contributed by atoms with van der Waals surface area (Å²) in [5.41, 5.74) is 6.69. The van der Waals surface area contributed by atoms with Gasteiger partial charge in [-0.1, -0.05) is 18.2 Å². The van der Waals surface area contributed by atoms with Crippen LogP contribution in [0.1, 0.15) is 30.4 Å². The monoisotopic (exact) mass is 339 g/mol. The average molecular weight is 339 g/mol. The van der Waals surface area contributed by atoms with E-state index in [0.717, 1.165) is 29.4 Å². The van der Waals surface area contributed by atoms with Gasteiger partial charge in [0.1, 0.15) is 5.82 Å². The Labute approximate surface area is 145 Å². The lowest BCUT2D eigenvalue weighted by molar-refractivity contribution is 0.455. The van der Waals surface area contributed by atoms with Crippen LogP contribution in [0.2, 0.25) is 0 Å². The Morgan fingerprint density at radius 3 is 2.76 bits per heavy atom. The van der Waals surface area contributed by atoms with Crippen molar-refractivity contribution in [1.82, 2.24) is 9.13 Å². The maximum Gasteiger partial charge on any atom is 0.332 e. The third-order valence-electron chi connectivity index (χ3n) is 4.69. The van der Waals surface area contributed by atoms with Gasteiger partial charge in [-0.05, 0) is 30.9 Å². The van der Waals surface area contributed by atoms with Crippen LogP contribution < -0.4 is 21.9 Å². The lowest BCUT2D eigenvalue weighted by atomic mass is 10.1. The quantitative estimate of drug-likeness (QED) is 0.890. The fourth-order valence-corrected chi connectivity index (χ4v) is 3.22. The van der Waals surface area contributed by atoms with Crippen molar-refractivity contribution in [2.45, 2.75) is 32.0 Å². The number of piperidine rings is 1. The van der Waals surface area contributed by atoms with Gasteiger partial charge in [0.15, 0.2) is 0 Å². The molecule has 1 saturated heterocycles. The zero-order chi connectivity index (χ0) is 18.0. The highest BCUT2D eigenvalue weighted by molar-refractivity contribution is 5.43. The van der Waals surface area contributed by atoms with E-state index in [1.807, 2.05) is 17.0 Å². The Morgan fingerprint density at radius 1 is 1.28 bits per heavy atom. The number of rotatable bonds is 3. The number of nitrogens with zero attached hydrogens (tertiary/aromatic N) is 4. The summed E-state index contributed by atoms with van der Waals surface area (Å²) in [6.07, 6.45) is 2.59. The summed E-state index contributed by atoms with van der Waals surface area (Å²) in [5, 5.41) is 9.30. The molecule has 0 bridgehead atoms. The summed E-state index contributed by atoms with van der Waals surface area (Å²) < 4.78 is 2.61. The van der Waals surface area contributed by atoms with Crippen molar-refractivity contribution in [2.24, 2.45) is 12.8 Å². The van der Waals surface area contributed by atoms with E-state index < -0.39 is 5.69 Å². The SMILES string of the molecule is Cn1c(=O)cc(N2CCCCC2N)n(Cc2ccccc2C#N)c1=O. The first-order chi connectivity index (χ1) is 12.0. The maximum absolute atomic E-state index is 12.7. The lowest BCUT2D eigenvalue weighted by Gasteiger charge is -2.36. The Morgan fingerprint density at radius 2 is 2.04 bits per heavy atom. The maximum atomic E-state index is 12.7. The van der Waals surface area contributed by atoms with Crippen LogP contribution in [-0.2, 0) is 13.6 Å². The van der Waals surface area contributed by atoms with E-state index in [2.05, 4.69) is 6.07 Å². The first kappa shape index (κ1) is 17.0. The van der Waals surface area contributed by atoms with Crippen molar-refractivity contribution in [3.8, 4) is 6.07 Å². The molecular formula is C18H21N5O2. The van der Waals surface area contributed by atoms with Crippen molar-refractivity contribution in [3.05, 3.63) is 62.3 Å². The third-order valence-corrected chi connectivity index (χ3v) is 4.69. The number of hydrogen-bond donors (Lipinski definition) is 1. The van der Waals surface area contributed by atoms with Gasteiger partial charge in [0, 0.05) is 19.7 Å². The molecule has 1 fully saturated rings. The van der Waals surface area contributed by atoms with Crippen LogP contribution in [0, 0.1) is 11.3 Å². The van der Waals surface area contributed by atoms with Crippen molar-refractivity contribution in [3.63, 3.8) is 0 Å². The highest BCUT2D eigenvalue weighted by atomic mass is 16.2. The second-order valence-electron chi connectivity index (χ2n) is 6.29. The molecule has 25 heavy (non-hydrogen) atoms. The largest absolute Gasteiger partial charge is 0.342 e. The predicted octanol–water partition coefficient (Wildman–Crippen LogP) is 0.742. The Hall–Kier alpha value is -2.85. The van der Waals surface area contributed by atoms with Crippen LogP contribution in [0.5, 0.6) is 0 Å². The zero-order valence-electron chi connectivity index (χ0n) is 14.2. The van der Waals surface area contributed by atoms with Gasteiger partial charge < -0.3 is 10.6 Å². The van der Waals surface area contributed by atoms with Crippen molar-refractivity contribution in [2.75, 3.05) is 11.4 Å². The average Bonchev–Trinajstić information content (AvgIpc) is 2.63. The van der Waals surface area contributed by atoms with Crippen LogP contribution in [0.25, 0.3) is 0 Å². The molecule has 130 valence electrons. The van der Waals surface area contributed by atoms with Crippen LogP contribution >= 0.6 is 0 Å². The fourth-order valence-electron chi connectivity index (χ4n) is 3.22.